The van der Waals surface area contributed by atoms with Crippen LogP contribution in [-0.2, 0) is 13.0 Å². The molecule has 4 heteroatoms. The van der Waals surface area contributed by atoms with E-state index >= 15 is 0 Å². The van der Waals surface area contributed by atoms with Crippen LogP contribution in [0.25, 0.3) is 10.9 Å². The molecular formula is C16H18N4. The van der Waals surface area contributed by atoms with Crippen molar-refractivity contribution in [3.05, 3.63) is 53.5 Å². The highest BCUT2D eigenvalue weighted by molar-refractivity contribution is 5.92. The number of hydrogen-bond acceptors (Lipinski definition) is 3. The van der Waals surface area contributed by atoms with Crippen molar-refractivity contribution in [3.63, 3.8) is 0 Å². The lowest BCUT2D eigenvalue weighted by molar-refractivity contribution is 0.685. The van der Waals surface area contributed by atoms with Gasteiger partial charge < -0.3 is 5.73 Å². The van der Waals surface area contributed by atoms with Gasteiger partial charge in [0.2, 0.25) is 0 Å². The highest BCUT2D eigenvalue weighted by Gasteiger charge is 2.10. The molecule has 4 nitrogen and oxygen atoms in total. The molecule has 0 amide bonds. The fourth-order valence-corrected chi connectivity index (χ4v) is 2.54. The van der Waals surface area contributed by atoms with Crippen molar-refractivity contribution >= 4 is 16.6 Å². The number of anilines is 1. The van der Waals surface area contributed by atoms with Crippen molar-refractivity contribution in [2.24, 2.45) is 0 Å². The van der Waals surface area contributed by atoms with Crippen LogP contribution in [0.4, 0.5) is 5.69 Å². The highest BCUT2D eigenvalue weighted by Crippen LogP contribution is 2.24. The molecule has 2 N–H and O–H groups in total. The summed E-state index contributed by atoms with van der Waals surface area (Å²) in [5, 5.41) is 5.64. The zero-order valence-corrected chi connectivity index (χ0v) is 11.8. The molecule has 0 saturated carbocycles. The lowest BCUT2D eigenvalue weighted by atomic mass is 10.2. The lowest BCUT2D eigenvalue weighted by Gasteiger charge is -2.05. The Morgan fingerprint density at radius 1 is 1.10 bits per heavy atom. The second-order valence-corrected chi connectivity index (χ2v) is 4.96. The molecule has 0 aliphatic carbocycles. The molecule has 0 saturated heterocycles. The standard InChI is InChI=1S/C16H18N4/c1-3-12-6-4-7-13(18-12)10-20-15-9-5-8-14(17)16(15)11(2)19-20/h4-9H,3,10,17H2,1-2H3. The Hall–Kier alpha value is -2.36. The topological polar surface area (TPSA) is 56.7 Å². The number of fused-ring (bicyclic) bond motifs is 1. The van der Waals surface area contributed by atoms with Crippen molar-refractivity contribution < 1.29 is 0 Å². The summed E-state index contributed by atoms with van der Waals surface area (Å²) in [4.78, 5) is 4.63. The first-order valence-electron chi connectivity index (χ1n) is 6.85. The van der Waals surface area contributed by atoms with Crippen molar-refractivity contribution in [3.8, 4) is 0 Å². The first kappa shape index (κ1) is 12.7. The Morgan fingerprint density at radius 3 is 2.65 bits per heavy atom. The summed E-state index contributed by atoms with van der Waals surface area (Å²) in [5.41, 5.74) is 11.0. The molecule has 102 valence electrons. The third-order valence-electron chi connectivity index (χ3n) is 3.52. The van der Waals surface area contributed by atoms with Gasteiger partial charge in [0.15, 0.2) is 0 Å². The Morgan fingerprint density at radius 2 is 1.85 bits per heavy atom. The summed E-state index contributed by atoms with van der Waals surface area (Å²) < 4.78 is 1.98. The summed E-state index contributed by atoms with van der Waals surface area (Å²) in [6.45, 7) is 4.77. The zero-order chi connectivity index (χ0) is 14.1. The van der Waals surface area contributed by atoms with Gasteiger partial charge in [-0.1, -0.05) is 19.1 Å². The summed E-state index contributed by atoms with van der Waals surface area (Å²) in [7, 11) is 0. The molecule has 0 bridgehead atoms. The Labute approximate surface area is 118 Å². The minimum Gasteiger partial charge on any atom is -0.398 e. The van der Waals surface area contributed by atoms with E-state index in [1.807, 2.05) is 41.9 Å². The van der Waals surface area contributed by atoms with E-state index in [1.54, 1.807) is 0 Å². The molecule has 0 spiro atoms. The second-order valence-electron chi connectivity index (χ2n) is 4.96. The van der Waals surface area contributed by atoms with Crippen LogP contribution < -0.4 is 5.73 Å². The maximum absolute atomic E-state index is 6.04. The van der Waals surface area contributed by atoms with E-state index in [9.17, 15) is 0 Å². The van der Waals surface area contributed by atoms with Crippen LogP contribution in [0.5, 0.6) is 0 Å². The number of nitrogens with two attached hydrogens (primary N) is 1. The molecule has 20 heavy (non-hydrogen) atoms. The van der Waals surface area contributed by atoms with Gasteiger partial charge >= 0.3 is 0 Å². The van der Waals surface area contributed by atoms with E-state index in [0.29, 0.717) is 6.54 Å². The van der Waals surface area contributed by atoms with E-state index in [4.69, 9.17) is 5.73 Å². The predicted molar refractivity (Wildman–Crippen MR) is 81.6 cm³/mol. The van der Waals surface area contributed by atoms with Gasteiger partial charge in [-0.2, -0.15) is 5.10 Å². The van der Waals surface area contributed by atoms with Crippen LogP contribution in [0, 0.1) is 6.92 Å². The summed E-state index contributed by atoms with van der Waals surface area (Å²) in [6, 6.07) is 12.1. The Balaban J connectivity index is 2.05. The van der Waals surface area contributed by atoms with Gasteiger partial charge in [0.25, 0.3) is 0 Å². The van der Waals surface area contributed by atoms with E-state index in [1.165, 1.54) is 0 Å². The van der Waals surface area contributed by atoms with Gasteiger partial charge in [-0.05, 0) is 37.6 Å². The molecule has 0 fully saturated rings. The average molecular weight is 266 g/mol. The van der Waals surface area contributed by atoms with E-state index < -0.39 is 0 Å². The van der Waals surface area contributed by atoms with Crippen LogP contribution in [-0.4, -0.2) is 14.8 Å². The number of benzene rings is 1. The first-order valence-corrected chi connectivity index (χ1v) is 6.85. The van der Waals surface area contributed by atoms with E-state index in [2.05, 4.69) is 23.1 Å². The molecule has 2 heterocycles. The van der Waals surface area contributed by atoms with Crippen molar-refractivity contribution in [1.29, 1.82) is 0 Å². The highest BCUT2D eigenvalue weighted by atomic mass is 15.3. The molecule has 0 radical (unpaired) electrons. The van der Waals surface area contributed by atoms with Crippen LogP contribution >= 0.6 is 0 Å². The molecule has 0 aliphatic heterocycles. The van der Waals surface area contributed by atoms with Gasteiger partial charge in [-0.15, -0.1) is 0 Å². The number of aryl methyl sites for hydroxylation is 2. The molecule has 3 aromatic rings. The fourth-order valence-electron chi connectivity index (χ4n) is 2.54. The molecule has 3 rings (SSSR count). The molecule has 1 aromatic carbocycles. The average Bonchev–Trinajstić information content (AvgIpc) is 2.77. The molecule has 0 unspecified atom stereocenters. The third kappa shape index (κ3) is 2.13. The summed E-state index contributed by atoms with van der Waals surface area (Å²) in [6.07, 6.45) is 0.944. The minimum atomic E-state index is 0.668. The normalized spacial score (nSPS) is 11.1. The van der Waals surface area contributed by atoms with Gasteiger partial charge in [-0.3, -0.25) is 9.67 Å². The maximum atomic E-state index is 6.04. The van der Waals surface area contributed by atoms with Gasteiger partial charge in [0.05, 0.1) is 23.4 Å². The largest absolute Gasteiger partial charge is 0.398 e. The first-order chi connectivity index (χ1) is 9.69. The Kier molecular flexibility index (Phi) is 3.14. The second kappa shape index (κ2) is 4.96. The van der Waals surface area contributed by atoms with Crippen molar-refractivity contribution in [1.82, 2.24) is 14.8 Å². The van der Waals surface area contributed by atoms with Crippen LogP contribution in [0.15, 0.2) is 36.4 Å². The molecular weight excluding hydrogens is 248 g/mol. The SMILES string of the molecule is CCc1cccc(Cn2nc(C)c3c(N)cccc32)n1. The maximum Gasteiger partial charge on any atom is 0.0838 e. The number of nitrogens with zero attached hydrogens (tertiary/aromatic N) is 3. The zero-order valence-electron chi connectivity index (χ0n) is 11.8. The quantitative estimate of drug-likeness (QED) is 0.741. The minimum absolute atomic E-state index is 0.668. The summed E-state index contributed by atoms with van der Waals surface area (Å²) in [5.74, 6) is 0. The number of rotatable bonds is 3. The number of nitrogen functional groups attached to an aromatic ring is 1. The monoisotopic (exact) mass is 266 g/mol. The van der Waals surface area contributed by atoms with Gasteiger partial charge in [0.1, 0.15) is 0 Å². The number of aromatic nitrogens is 3. The van der Waals surface area contributed by atoms with Crippen LogP contribution in [0.1, 0.15) is 24.0 Å². The van der Waals surface area contributed by atoms with Crippen molar-refractivity contribution in [2.75, 3.05) is 5.73 Å². The smallest absolute Gasteiger partial charge is 0.0838 e. The number of hydrogen-bond donors (Lipinski definition) is 1. The van der Waals surface area contributed by atoms with Crippen molar-refractivity contribution in [2.45, 2.75) is 26.8 Å². The Bertz CT molecular complexity index is 758. The molecule has 0 atom stereocenters. The predicted octanol–water partition coefficient (Wildman–Crippen LogP) is 2.93. The van der Waals surface area contributed by atoms with Gasteiger partial charge in [-0.25, -0.2) is 0 Å². The van der Waals surface area contributed by atoms with E-state index in [-0.39, 0.29) is 0 Å². The van der Waals surface area contributed by atoms with Crippen LogP contribution in [0.2, 0.25) is 0 Å². The number of pyridine rings is 1. The molecule has 2 aromatic heterocycles. The lowest BCUT2D eigenvalue weighted by Crippen LogP contribution is -2.04. The van der Waals surface area contributed by atoms with Gasteiger partial charge in [0, 0.05) is 16.8 Å². The van der Waals surface area contributed by atoms with Crippen LogP contribution in [0.3, 0.4) is 0 Å². The summed E-state index contributed by atoms with van der Waals surface area (Å²) >= 11 is 0. The fraction of sp³-hybridized carbons (Fsp3) is 0.250. The third-order valence-corrected chi connectivity index (χ3v) is 3.52. The molecule has 0 aliphatic rings. The van der Waals surface area contributed by atoms with E-state index in [0.717, 1.165) is 40.1 Å².